The molecule has 31 heavy (non-hydrogen) atoms. The largest absolute Gasteiger partial charge is 0.484 e. The van der Waals surface area contributed by atoms with E-state index in [9.17, 15) is 9.59 Å². The molecular formula is C25H33BrN2O3. The van der Waals surface area contributed by atoms with Gasteiger partial charge in [0.05, 0.1) is 0 Å². The van der Waals surface area contributed by atoms with Crippen LogP contribution in [0.2, 0.25) is 0 Å². The molecule has 0 aliphatic carbocycles. The maximum Gasteiger partial charge on any atom is 0.261 e. The van der Waals surface area contributed by atoms with Crippen LogP contribution >= 0.6 is 15.9 Å². The van der Waals surface area contributed by atoms with E-state index in [4.69, 9.17) is 4.74 Å². The van der Waals surface area contributed by atoms with Gasteiger partial charge >= 0.3 is 0 Å². The van der Waals surface area contributed by atoms with Gasteiger partial charge in [0, 0.05) is 17.6 Å². The summed E-state index contributed by atoms with van der Waals surface area (Å²) in [7, 11) is 0. The minimum atomic E-state index is -0.514. The summed E-state index contributed by atoms with van der Waals surface area (Å²) >= 11 is 3.55. The third-order valence-electron chi connectivity index (χ3n) is 5.19. The van der Waals surface area contributed by atoms with Crippen molar-refractivity contribution in [1.29, 1.82) is 0 Å². The van der Waals surface area contributed by atoms with Crippen molar-refractivity contribution in [3.8, 4) is 5.75 Å². The number of aryl methyl sites for hydroxylation is 2. The first kappa shape index (κ1) is 24.9. The zero-order chi connectivity index (χ0) is 22.8. The number of rotatable bonds is 11. The Morgan fingerprint density at radius 1 is 1.10 bits per heavy atom. The monoisotopic (exact) mass is 488 g/mol. The van der Waals surface area contributed by atoms with E-state index >= 15 is 0 Å². The lowest BCUT2D eigenvalue weighted by Crippen LogP contribution is -2.51. The van der Waals surface area contributed by atoms with Crippen LogP contribution in [0.25, 0.3) is 0 Å². The molecule has 0 fully saturated rings. The molecule has 2 amide bonds. The molecule has 0 aromatic heterocycles. The van der Waals surface area contributed by atoms with Crippen LogP contribution in [-0.4, -0.2) is 42.5 Å². The van der Waals surface area contributed by atoms with E-state index in [0.29, 0.717) is 31.7 Å². The fraction of sp³-hybridized carbons (Fsp3) is 0.440. The highest BCUT2D eigenvalue weighted by Gasteiger charge is 2.28. The summed E-state index contributed by atoms with van der Waals surface area (Å²) in [6.45, 7) is 8.88. The molecule has 2 aromatic carbocycles. The Labute approximate surface area is 194 Å². The predicted molar refractivity (Wildman–Crippen MR) is 128 cm³/mol. The molecule has 0 heterocycles. The molecular weight excluding hydrogens is 456 g/mol. The fourth-order valence-corrected chi connectivity index (χ4v) is 3.71. The Hall–Kier alpha value is -2.34. The fourth-order valence-electron chi connectivity index (χ4n) is 3.48. The second-order valence-electron chi connectivity index (χ2n) is 7.70. The normalized spacial score (nSPS) is 11.6. The van der Waals surface area contributed by atoms with E-state index in [1.165, 1.54) is 0 Å². The second-order valence-corrected chi connectivity index (χ2v) is 8.49. The van der Waals surface area contributed by atoms with E-state index in [1.54, 1.807) is 4.90 Å². The van der Waals surface area contributed by atoms with Gasteiger partial charge in [-0.1, -0.05) is 60.1 Å². The number of amides is 2. The Morgan fingerprint density at radius 2 is 1.74 bits per heavy atom. The number of nitrogens with one attached hydrogen (secondary N) is 1. The van der Waals surface area contributed by atoms with Crippen LogP contribution in [0.1, 0.15) is 43.4 Å². The first-order valence-electron chi connectivity index (χ1n) is 10.9. The highest BCUT2D eigenvalue weighted by Crippen LogP contribution is 2.26. The van der Waals surface area contributed by atoms with E-state index < -0.39 is 6.04 Å². The van der Waals surface area contributed by atoms with Crippen LogP contribution in [0.4, 0.5) is 0 Å². The Bertz CT molecular complexity index is 847. The van der Waals surface area contributed by atoms with E-state index in [1.807, 2.05) is 70.2 Å². The quantitative estimate of drug-likeness (QED) is 0.493. The van der Waals surface area contributed by atoms with Crippen LogP contribution in [0.15, 0.2) is 46.9 Å². The van der Waals surface area contributed by atoms with Gasteiger partial charge in [0.15, 0.2) is 6.61 Å². The van der Waals surface area contributed by atoms with Crippen molar-refractivity contribution in [2.75, 3.05) is 19.7 Å². The highest BCUT2D eigenvalue weighted by molar-refractivity contribution is 9.10. The minimum Gasteiger partial charge on any atom is -0.484 e. The maximum absolute atomic E-state index is 13.2. The van der Waals surface area contributed by atoms with Gasteiger partial charge in [-0.3, -0.25) is 9.59 Å². The van der Waals surface area contributed by atoms with Crippen molar-refractivity contribution >= 4 is 27.7 Å². The molecule has 2 aromatic rings. The molecule has 1 N–H and O–H groups in total. The Morgan fingerprint density at radius 3 is 2.32 bits per heavy atom. The molecule has 2 rings (SSSR count). The number of benzene rings is 2. The van der Waals surface area contributed by atoms with Gasteiger partial charge in [0.1, 0.15) is 11.8 Å². The van der Waals surface area contributed by atoms with Gasteiger partial charge in [-0.25, -0.2) is 0 Å². The zero-order valence-electron chi connectivity index (χ0n) is 18.9. The van der Waals surface area contributed by atoms with E-state index in [2.05, 4.69) is 21.2 Å². The molecule has 1 atom stereocenters. The van der Waals surface area contributed by atoms with Crippen molar-refractivity contribution in [2.24, 2.45) is 0 Å². The highest BCUT2D eigenvalue weighted by atomic mass is 79.9. The smallest absolute Gasteiger partial charge is 0.261 e. The van der Waals surface area contributed by atoms with Crippen molar-refractivity contribution in [1.82, 2.24) is 10.2 Å². The third-order valence-corrected chi connectivity index (χ3v) is 6.44. The lowest BCUT2D eigenvalue weighted by atomic mass is 10.1. The molecule has 6 heteroatoms. The molecule has 0 radical (unpaired) electrons. The molecule has 0 saturated heterocycles. The maximum atomic E-state index is 13.2. The average molecular weight is 489 g/mol. The SMILES string of the molecule is CCCNC(=O)[C@@H](CC)N(CCc1ccccc1)C(=O)COc1cc(C)c(Br)c(C)c1. The van der Waals surface area contributed by atoms with Gasteiger partial charge in [-0.15, -0.1) is 0 Å². The Balaban J connectivity index is 2.14. The molecule has 0 bridgehead atoms. The first-order chi connectivity index (χ1) is 14.9. The molecule has 0 saturated carbocycles. The van der Waals surface area contributed by atoms with Gasteiger partial charge in [0.2, 0.25) is 5.91 Å². The summed E-state index contributed by atoms with van der Waals surface area (Å²) in [5, 5.41) is 2.93. The summed E-state index contributed by atoms with van der Waals surface area (Å²) in [5.41, 5.74) is 3.23. The number of carbonyl (C=O) groups is 2. The molecule has 5 nitrogen and oxygen atoms in total. The number of hydrogen-bond acceptors (Lipinski definition) is 3. The Kier molecular flexibility index (Phi) is 10.0. The summed E-state index contributed by atoms with van der Waals surface area (Å²) < 4.78 is 6.87. The van der Waals surface area contributed by atoms with Gasteiger partial charge < -0.3 is 15.0 Å². The van der Waals surface area contributed by atoms with Crippen LogP contribution in [-0.2, 0) is 16.0 Å². The number of hydrogen-bond donors (Lipinski definition) is 1. The van der Waals surface area contributed by atoms with Crippen molar-refractivity contribution in [3.63, 3.8) is 0 Å². The summed E-state index contributed by atoms with van der Waals surface area (Å²) in [6.07, 6.45) is 2.08. The van der Waals surface area contributed by atoms with Crippen LogP contribution in [0.5, 0.6) is 5.75 Å². The van der Waals surface area contributed by atoms with Gasteiger partial charge in [0.25, 0.3) is 5.91 Å². The number of ether oxygens (including phenoxy) is 1. The van der Waals surface area contributed by atoms with Crippen LogP contribution < -0.4 is 10.1 Å². The number of carbonyl (C=O) groups excluding carboxylic acids is 2. The van der Waals surface area contributed by atoms with E-state index in [-0.39, 0.29) is 18.4 Å². The lowest BCUT2D eigenvalue weighted by Gasteiger charge is -2.30. The molecule has 0 aliphatic rings. The van der Waals surface area contributed by atoms with Gasteiger partial charge in [-0.2, -0.15) is 0 Å². The van der Waals surface area contributed by atoms with Crippen LogP contribution in [0.3, 0.4) is 0 Å². The van der Waals surface area contributed by atoms with Crippen molar-refractivity contribution < 1.29 is 14.3 Å². The van der Waals surface area contributed by atoms with Gasteiger partial charge in [-0.05, 0) is 61.9 Å². The van der Waals surface area contributed by atoms with Crippen molar-refractivity contribution in [3.05, 3.63) is 63.6 Å². The lowest BCUT2D eigenvalue weighted by molar-refractivity contribution is -0.142. The molecule has 0 spiro atoms. The average Bonchev–Trinajstić information content (AvgIpc) is 2.77. The number of halogens is 1. The first-order valence-corrected chi connectivity index (χ1v) is 11.7. The zero-order valence-corrected chi connectivity index (χ0v) is 20.5. The number of nitrogens with zero attached hydrogens (tertiary/aromatic N) is 1. The summed E-state index contributed by atoms with van der Waals surface area (Å²) in [5.74, 6) is 0.354. The summed E-state index contributed by atoms with van der Waals surface area (Å²) in [6, 6.07) is 13.3. The minimum absolute atomic E-state index is 0.104. The molecule has 0 unspecified atom stereocenters. The van der Waals surface area contributed by atoms with Crippen molar-refractivity contribution in [2.45, 2.75) is 53.0 Å². The third kappa shape index (κ3) is 7.39. The van der Waals surface area contributed by atoms with E-state index in [0.717, 1.165) is 27.6 Å². The molecule has 0 aliphatic heterocycles. The molecule has 168 valence electrons. The summed E-state index contributed by atoms with van der Waals surface area (Å²) in [4.78, 5) is 27.6. The predicted octanol–water partition coefficient (Wildman–Crippen LogP) is 4.82. The van der Waals surface area contributed by atoms with Crippen LogP contribution in [0, 0.1) is 13.8 Å². The second kappa shape index (κ2) is 12.5. The standard InChI is InChI=1S/C25H33BrN2O3/c1-5-13-27-25(30)22(6-2)28(14-12-20-10-8-7-9-11-20)23(29)17-31-21-15-18(3)24(26)19(4)16-21/h7-11,15-16,22H,5-6,12-14,17H2,1-4H3,(H,27,30)/t22-/m1/s1. The topological polar surface area (TPSA) is 58.6 Å².